The molecule has 0 bridgehead atoms. The normalized spacial score (nSPS) is 15.7. The SMILES string of the molecule is CCc1ccc(/C=C2/N=C(Cc3ccc(Cl)cc3)NC2=O)cc1. The van der Waals surface area contributed by atoms with E-state index in [1.807, 2.05) is 42.5 Å². The van der Waals surface area contributed by atoms with Crippen LogP contribution >= 0.6 is 11.6 Å². The first-order valence-electron chi connectivity index (χ1n) is 7.58. The second-order valence-electron chi connectivity index (χ2n) is 5.44. The van der Waals surface area contributed by atoms with Gasteiger partial charge in [-0.25, -0.2) is 4.99 Å². The fourth-order valence-corrected chi connectivity index (χ4v) is 2.53. The Balaban J connectivity index is 1.77. The molecule has 0 radical (unpaired) electrons. The van der Waals surface area contributed by atoms with Crippen LogP contribution < -0.4 is 5.32 Å². The van der Waals surface area contributed by atoms with Crippen molar-refractivity contribution < 1.29 is 4.79 Å². The number of hydrogen-bond donors (Lipinski definition) is 1. The van der Waals surface area contributed by atoms with E-state index in [1.54, 1.807) is 0 Å². The summed E-state index contributed by atoms with van der Waals surface area (Å²) in [5.41, 5.74) is 3.75. The van der Waals surface area contributed by atoms with Crippen LogP contribution in [0, 0.1) is 0 Å². The van der Waals surface area contributed by atoms with Crippen LogP contribution in [0.15, 0.2) is 59.2 Å². The molecule has 1 amide bonds. The molecule has 0 saturated heterocycles. The fourth-order valence-electron chi connectivity index (χ4n) is 2.40. The average molecular weight is 325 g/mol. The number of nitrogens with zero attached hydrogens (tertiary/aromatic N) is 1. The Labute approximate surface area is 140 Å². The lowest BCUT2D eigenvalue weighted by Crippen LogP contribution is -2.25. The third-order valence-electron chi connectivity index (χ3n) is 3.72. The van der Waals surface area contributed by atoms with Crippen LogP contribution in [-0.2, 0) is 17.6 Å². The van der Waals surface area contributed by atoms with Gasteiger partial charge < -0.3 is 5.32 Å². The number of carbonyl (C=O) groups is 1. The van der Waals surface area contributed by atoms with Gasteiger partial charge in [-0.1, -0.05) is 54.9 Å². The molecule has 3 rings (SSSR count). The standard InChI is InChI=1S/C19H17ClN2O/c1-2-13-3-5-14(6-4-13)11-17-19(23)22-18(21-17)12-15-7-9-16(20)10-8-15/h3-11H,2,12H2,1H3,(H,21,22,23)/b17-11+. The van der Waals surface area contributed by atoms with Crippen LogP contribution in [0.1, 0.15) is 23.6 Å². The number of hydrogen-bond acceptors (Lipinski definition) is 2. The molecule has 2 aromatic carbocycles. The van der Waals surface area contributed by atoms with E-state index < -0.39 is 0 Å². The van der Waals surface area contributed by atoms with Crippen LogP contribution in [0.4, 0.5) is 0 Å². The molecule has 0 unspecified atom stereocenters. The monoisotopic (exact) mass is 324 g/mol. The van der Waals surface area contributed by atoms with Crippen LogP contribution in [0.25, 0.3) is 6.08 Å². The molecular formula is C19H17ClN2O. The first-order valence-corrected chi connectivity index (χ1v) is 7.96. The number of halogens is 1. The molecule has 0 aliphatic carbocycles. The summed E-state index contributed by atoms with van der Waals surface area (Å²) in [5, 5.41) is 3.52. The van der Waals surface area contributed by atoms with Gasteiger partial charge in [0.15, 0.2) is 0 Å². The van der Waals surface area contributed by atoms with Gasteiger partial charge in [0.1, 0.15) is 11.5 Å². The van der Waals surface area contributed by atoms with Crippen molar-refractivity contribution in [1.82, 2.24) is 5.32 Å². The largest absolute Gasteiger partial charge is 0.308 e. The van der Waals surface area contributed by atoms with Gasteiger partial charge in [0.2, 0.25) is 0 Å². The van der Waals surface area contributed by atoms with Crippen LogP contribution in [0.5, 0.6) is 0 Å². The van der Waals surface area contributed by atoms with Gasteiger partial charge in [-0.2, -0.15) is 0 Å². The zero-order chi connectivity index (χ0) is 16.2. The highest BCUT2D eigenvalue weighted by Gasteiger charge is 2.19. The molecule has 3 nitrogen and oxygen atoms in total. The Hall–Kier alpha value is -2.39. The molecule has 4 heteroatoms. The summed E-state index contributed by atoms with van der Waals surface area (Å²) in [6, 6.07) is 15.7. The number of aryl methyl sites for hydroxylation is 1. The minimum atomic E-state index is -0.159. The number of amidine groups is 1. The minimum Gasteiger partial charge on any atom is -0.308 e. The fraction of sp³-hybridized carbons (Fsp3) is 0.158. The van der Waals surface area contributed by atoms with Gasteiger partial charge in [0.25, 0.3) is 5.91 Å². The van der Waals surface area contributed by atoms with Gasteiger partial charge >= 0.3 is 0 Å². The van der Waals surface area contributed by atoms with Crippen molar-refractivity contribution in [2.75, 3.05) is 0 Å². The maximum absolute atomic E-state index is 12.0. The molecule has 0 atom stereocenters. The summed E-state index contributed by atoms with van der Waals surface area (Å²) in [6.45, 7) is 2.12. The molecule has 23 heavy (non-hydrogen) atoms. The molecule has 1 heterocycles. The number of amides is 1. The Bertz CT molecular complexity index is 774. The minimum absolute atomic E-state index is 0.159. The van der Waals surface area contributed by atoms with Gasteiger partial charge in [0, 0.05) is 11.4 Å². The van der Waals surface area contributed by atoms with E-state index in [1.165, 1.54) is 5.56 Å². The first kappa shape index (κ1) is 15.5. The Kier molecular flexibility index (Phi) is 4.58. The molecule has 0 spiro atoms. The maximum atomic E-state index is 12.0. The third-order valence-corrected chi connectivity index (χ3v) is 3.97. The van der Waals surface area contributed by atoms with Crippen molar-refractivity contribution >= 4 is 29.4 Å². The highest BCUT2D eigenvalue weighted by atomic mass is 35.5. The van der Waals surface area contributed by atoms with Crippen LogP contribution in [0.2, 0.25) is 5.02 Å². The van der Waals surface area contributed by atoms with E-state index in [4.69, 9.17) is 11.6 Å². The highest BCUT2D eigenvalue weighted by Crippen LogP contribution is 2.16. The molecule has 1 aliphatic rings. The van der Waals surface area contributed by atoms with E-state index in [0.29, 0.717) is 23.0 Å². The summed E-state index contributed by atoms with van der Waals surface area (Å²) in [5.74, 6) is 0.502. The predicted octanol–water partition coefficient (Wildman–Crippen LogP) is 4.01. The molecule has 116 valence electrons. The summed E-state index contributed by atoms with van der Waals surface area (Å²) in [7, 11) is 0. The molecular weight excluding hydrogens is 308 g/mol. The second-order valence-corrected chi connectivity index (χ2v) is 5.88. The summed E-state index contributed by atoms with van der Waals surface area (Å²) in [4.78, 5) is 16.5. The molecule has 2 aromatic rings. The average Bonchev–Trinajstić information content (AvgIpc) is 2.90. The highest BCUT2D eigenvalue weighted by molar-refractivity contribution is 6.30. The molecule has 0 fully saturated rings. The van der Waals surface area contributed by atoms with E-state index >= 15 is 0 Å². The zero-order valence-corrected chi connectivity index (χ0v) is 13.6. The molecule has 0 saturated carbocycles. The molecule has 0 aromatic heterocycles. The first-order chi connectivity index (χ1) is 11.1. The summed E-state index contributed by atoms with van der Waals surface area (Å²) < 4.78 is 0. The van der Waals surface area contributed by atoms with E-state index in [0.717, 1.165) is 17.5 Å². The van der Waals surface area contributed by atoms with E-state index in [9.17, 15) is 4.79 Å². The number of benzene rings is 2. The zero-order valence-electron chi connectivity index (χ0n) is 12.8. The summed E-state index contributed by atoms with van der Waals surface area (Å²) >= 11 is 5.88. The van der Waals surface area contributed by atoms with Crippen molar-refractivity contribution in [3.8, 4) is 0 Å². The van der Waals surface area contributed by atoms with Crippen molar-refractivity contribution in [2.45, 2.75) is 19.8 Å². The topological polar surface area (TPSA) is 41.5 Å². The van der Waals surface area contributed by atoms with Gasteiger partial charge in [0.05, 0.1) is 0 Å². The number of rotatable bonds is 4. The Morgan fingerprint density at radius 2 is 1.70 bits per heavy atom. The lowest BCUT2D eigenvalue weighted by molar-refractivity contribution is -0.115. The van der Waals surface area contributed by atoms with E-state index in [-0.39, 0.29) is 5.91 Å². The Morgan fingerprint density at radius 1 is 1.04 bits per heavy atom. The lowest BCUT2D eigenvalue weighted by atomic mass is 10.1. The number of carbonyl (C=O) groups excluding carboxylic acids is 1. The Morgan fingerprint density at radius 3 is 2.35 bits per heavy atom. The quantitative estimate of drug-likeness (QED) is 0.848. The smallest absolute Gasteiger partial charge is 0.275 e. The molecule has 1 aliphatic heterocycles. The van der Waals surface area contributed by atoms with Crippen molar-refractivity contribution in [3.05, 3.63) is 75.9 Å². The van der Waals surface area contributed by atoms with Crippen LogP contribution in [-0.4, -0.2) is 11.7 Å². The van der Waals surface area contributed by atoms with Crippen molar-refractivity contribution in [1.29, 1.82) is 0 Å². The van der Waals surface area contributed by atoms with Gasteiger partial charge in [-0.05, 0) is 41.3 Å². The third kappa shape index (κ3) is 3.88. The van der Waals surface area contributed by atoms with Crippen molar-refractivity contribution in [3.63, 3.8) is 0 Å². The number of nitrogens with one attached hydrogen (secondary N) is 1. The van der Waals surface area contributed by atoms with Gasteiger partial charge in [-0.3, -0.25) is 4.79 Å². The summed E-state index contributed by atoms with van der Waals surface area (Å²) in [6.07, 6.45) is 3.39. The predicted molar refractivity (Wildman–Crippen MR) is 94.5 cm³/mol. The lowest BCUT2D eigenvalue weighted by Gasteiger charge is -2.00. The van der Waals surface area contributed by atoms with Gasteiger partial charge in [-0.15, -0.1) is 0 Å². The molecule has 1 N–H and O–H groups in total. The second kappa shape index (κ2) is 6.80. The van der Waals surface area contributed by atoms with E-state index in [2.05, 4.69) is 29.4 Å². The van der Waals surface area contributed by atoms with Crippen LogP contribution in [0.3, 0.4) is 0 Å². The number of aliphatic imine (C=N–C) groups is 1. The maximum Gasteiger partial charge on any atom is 0.275 e. The van der Waals surface area contributed by atoms with Crippen molar-refractivity contribution in [2.24, 2.45) is 4.99 Å².